The van der Waals surface area contributed by atoms with Crippen molar-refractivity contribution in [3.8, 4) is 17.0 Å². The summed E-state index contributed by atoms with van der Waals surface area (Å²) < 4.78 is 0. The third-order valence-corrected chi connectivity index (χ3v) is 3.08. The summed E-state index contributed by atoms with van der Waals surface area (Å²) in [4.78, 5) is 14.4. The van der Waals surface area contributed by atoms with Gasteiger partial charge in [-0.15, -0.1) is 0 Å². The molecular formula is C15H11NO3. The molecule has 3 aromatic rings. The molecule has 0 atom stereocenters. The van der Waals surface area contributed by atoms with Crippen LogP contribution in [0, 0.1) is 0 Å². The maximum Gasteiger partial charge on any atom is 0.340 e. The van der Waals surface area contributed by atoms with Crippen molar-refractivity contribution in [2.45, 2.75) is 0 Å². The maximum absolute atomic E-state index is 11.3. The van der Waals surface area contributed by atoms with Crippen LogP contribution in [0.3, 0.4) is 0 Å². The van der Waals surface area contributed by atoms with Crippen LogP contribution in [0.1, 0.15) is 10.4 Å². The largest absolute Gasteiger partial charge is 0.507 e. The van der Waals surface area contributed by atoms with E-state index in [1.165, 1.54) is 6.07 Å². The molecule has 4 heteroatoms. The van der Waals surface area contributed by atoms with Gasteiger partial charge in [0.1, 0.15) is 11.3 Å². The van der Waals surface area contributed by atoms with E-state index in [0.29, 0.717) is 11.3 Å². The Bertz CT molecular complexity index is 741. The Balaban J connectivity index is 2.27. The lowest BCUT2D eigenvalue weighted by Gasteiger charge is -2.05. The number of hydrogen-bond donors (Lipinski definition) is 3. The van der Waals surface area contributed by atoms with Gasteiger partial charge >= 0.3 is 5.97 Å². The molecule has 0 fully saturated rings. The second-order valence-electron chi connectivity index (χ2n) is 4.28. The van der Waals surface area contributed by atoms with E-state index in [0.717, 1.165) is 10.9 Å². The zero-order valence-electron chi connectivity index (χ0n) is 9.92. The second-order valence-corrected chi connectivity index (χ2v) is 4.28. The van der Waals surface area contributed by atoms with Crippen molar-refractivity contribution in [2.24, 2.45) is 0 Å². The molecule has 0 unspecified atom stereocenters. The van der Waals surface area contributed by atoms with E-state index in [1.54, 1.807) is 12.1 Å². The number of aromatic carboxylic acids is 1. The van der Waals surface area contributed by atoms with Crippen molar-refractivity contribution in [3.63, 3.8) is 0 Å². The highest BCUT2D eigenvalue weighted by Crippen LogP contribution is 2.31. The van der Waals surface area contributed by atoms with Crippen LogP contribution in [-0.4, -0.2) is 21.2 Å². The zero-order valence-corrected chi connectivity index (χ0v) is 9.92. The number of nitrogens with one attached hydrogen (secondary N) is 1. The summed E-state index contributed by atoms with van der Waals surface area (Å²) in [6.07, 6.45) is 0. The van der Waals surface area contributed by atoms with E-state index >= 15 is 0 Å². The van der Waals surface area contributed by atoms with Crippen LogP contribution in [0.25, 0.3) is 22.2 Å². The highest BCUT2D eigenvalue weighted by Gasteiger charge is 2.17. The van der Waals surface area contributed by atoms with Crippen molar-refractivity contribution in [1.29, 1.82) is 0 Å². The number of carbonyl (C=O) groups is 1. The van der Waals surface area contributed by atoms with Gasteiger partial charge in [0.05, 0.1) is 0 Å². The quantitative estimate of drug-likeness (QED) is 0.656. The zero-order chi connectivity index (χ0) is 13.4. The number of fused-ring (bicyclic) bond motifs is 1. The van der Waals surface area contributed by atoms with Gasteiger partial charge in [0.2, 0.25) is 0 Å². The molecule has 0 saturated heterocycles. The van der Waals surface area contributed by atoms with Gasteiger partial charge in [-0.25, -0.2) is 4.79 Å². The third kappa shape index (κ3) is 1.83. The van der Waals surface area contributed by atoms with Crippen molar-refractivity contribution in [1.82, 2.24) is 4.98 Å². The lowest BCUT2D eigenvalue weighted by molar-refractivity contribution is 0.0694. The number of aromatic nitrogens is 1. The molecule has 94 valence electrons. The average Bonchev–Trinajstić information content (AvgIpc) is 2.81. The van der Waals surface area contributed by atoms with Gasteiger partial charge in [-0.3, -0.25) is 0 Å². The van der Waals surface area contributed by atoms with Crippen LogP contribution in [-0.2, 0) is 0 Å². The summed E-state index contributed by atoms with van der Waals surface area (Å²) in [6, 6.07) is 14.2. The number of carboxylic acids is 1. The number of aromatic hydroxyl groups is 1. The molecule has 4 nitrogen and oxygen atoms in total. The average molecular weight is 253 g/mol. The smallest absolute Gasteiger partial charge is 0.340 e. The Morgan fingerprint density at radius 2 is 1.84 bits per heavy atom. The molecule has 0 bridgehead atoms. The van der Waals surface area contributed by atoms with Gasteiger partial charge < -0.3 is 15.2 Å². The van der Waals surface area contributed by atoms with Gasteiger partial charge in [0.25, 0.3) is 0 Å². The third-order valence-electron chi connectivity index (χ3n) is 3.08. The first-order valence-corrected chi connectivity index (χ1v) is 5.80. The number of benzene rings is 2. The molecule has 0 saturated carbocycles. The van der Waals surface area contributed by atoms with Gasteiger partial charge in [-0.2, -0.15) is 0 Å². The minimum absolute atomic E-state index is 0.0888. The Morgan fingerprint density at radius 3 is 2.58 bits per heavy atom. The molecule has 0 aliphatic carbocycles. The Hall–Kier alpha value is -2.75. The number of para-hydroxylation sites is 1. The van der Waals surface area contributed by atoms with Crippen molar-refractivity contribution >= 4 is 16.9 Å². The molecule has 0 radical (unpaired) electrons. The molecule has 0 aliphatic rings. The number of hydrogen-bond acceptors (Lipinski definition) is 2. The predicted octanol–water partition coefficient (Wildman–Crippen LogP) is 3.24. The molecule has 0 amide bonds. The van der Waals surface area contributed by atoms with E-state index in [9.17, 15) is 15.0 Å². The molecule has 3 rings (SSSR count). The standard InChI is InChI=1S/C15H11NO3/c17-13-7-3-5-10(14(13)15(18)19)12-8-9-4-1-2-6-11(9)16-12/h1-8,16-17H,(H,18,19). The summed E-state index contributed by atoms with van der Waals surface area (Å²) in [6.45, 7) is 0. The van der Waals surface area contributed by atoms with Crippen LogP contribution in [0.5, 0.6) is 5.75 Å². The minimum atomic E-state index is -1.15. The van der Waals surface area contributed by atoms with Crippen LogP contribution in [0.2, 0.25) is 0 Å². The summed E-state index contributed by atoms with van der Waals surface area (Å²) in [5.41, 5.74) is 1.99. The lowest BCUT2D eigenvalue weighted by Crippen LogP contribution is -2.00. The number of carboxylic acid groups (broad SMARTS) is 1. The Kier molecular flexibility index (Phi) is 2.49. The maximum atomic E-state index is 11.3. The number of phenols is 1. The number of H-pyrrole nitrogens is 1. The summed E-state index contributed by atoms with van der Waals surface area (Å²) in [7, 11) is 0. The first-order chi connectivity index (χ1) is 9.16. The molecule has 1 aromatic heterocycles. The highest BCUT2D eigenvalue weighted by atomic mass is 16.4. The van der Waals surface area contributed by atoms with Gasteiger partial charge in [0.15, 0.2) is 0 Å². The summed E-state index contributed by atoms with van der Waals surface area (Å²) in [5.74, 6) is -1.38. The predicted molar refractivity (Wildman–Crippen MR) is 72.4 cm³/mol. The molecule has 0 spiro atoms. The highest BCUT2D eigenvalue weighted by molar-refractivity contribution is 6.00. The fourth-order valence-corrected chi connectivity index (χ4v) is 2.21. The van der Waals surface area contributed by atoms with E-state index < -0.39 is 5.97 Å². The number of rotatable bonds is 2. The molecule has 19 heavy (non-hydrogen) atoms. The van der Waals surface area contributed by atoms with E-state index in [1.807, 2.05) is 30.3 Å². The monoisotopic (exact) mass is 253 g/mol. The Morgan fingerprint density at radius 1 is 1.05 bits per heavy atom. The molecule has 0 aliphatic heterocycles. The minimum Gasteiger partial charge on any atom is -0.507 e. The van der Waals surface area contributed by atoms with Gasteiger partial charge in [-0.05, 0) is 18.2 Å². The van der Waals surface area contributed by atoms with Crippen LogP contribution in [0.4, 0.5) is 0 Å². The fourth-order valence-electron chi connectivity index (χ4n) is 2.21. The second kappa shape index (κ2) is 4.17. The lowest BCUT2D eigenvalue weighted by atomic mass is 10.0. The van der Waals surface area contributed by atoms with Crippen molar-refractivity contribution in [3.05, 3.63) is 54.1 Å². The van der Waals surface area contributed by atoms with E-state index in [-0.39, 0.29) is 11.3 Å². The molecule has 3 N–H and O–H groups in total. The Labute approximate surface area is 108 Å². The van der Waals surface area contributed by atoms with Crippen LogP contribution in [0.15, 0.2) is 48.5 Å². The fraction of sp³-hybridized carbons (Fsp3) is 0. The van der Waals surface area contributed by atoms with Crippen molar-refractivity contribution < 1.29 is 15.0 Å². The molecule has 2 aromatic carbocycles. The van der Waals surface area contributed by atoms with E-state index in [2.05, 4.69) is 4.98 Å². The van der Waals surface area contributed by atoms with Gasteiger partial charge in [-0.1, -0.05) is 30.3 Å². The van der Waals surface area contributed by atoms with Crippen LogP contribution >= 0.6 is 0 Å². The first-order valence-electron chi connectivity index (χ1n) is 5.80. The SMILES string of the molecule is O=C(O)c1c(O)cccc1-c1cc2ccccc2[nH]1. The van der Waals surface area contributed by atoms with E-state index in [4.69, 9.17) is 0 Å². The molecule has 1 heterocycles. The summed E-state index contributed by atoms with van der Waals surface area (Å²) >= 11 is 0. The normalized spacial score (nSPS) is 10.7. The number of aromatic amines is 1. The topological polar surface area (TPSA) is 73.3 Å². The van der Waals surface area contributed by atoms with Gasteiger partial charge in [0, 0.05) is 22.2 Å². The van der Waals surface area contributed by atoms with Crippen molar-refractivity contribution in [2.75, 3.05) is 0 Å². The van der Waals surface area contributed by atoms with Crippen LogP contribution < -0.4 is 0 Å². The molecular weight excluding hydrogens is 242 g/mol. The summed E-state index contributed by atoms with van der Waals surface area (Å²) in [5, 5.41) is 19.9. The first kappa shape index (κ1) is 11.3.